The van der Waals surface area contributed by atoms with E-state index in [-0.39, 0.29) is 0 Å². The molecule has 0 radical (unpaired) electrons. The maximum absolute atomic E-state index is 4.46. The van der Waals surface area contributed by atoms with Crippen LogP contribution in [0.3, 0.4) is 0 Å². The summed E-state index contributed by atoms with van der Waals surface area (Å²) in [6, 6.07) is 19.1. The summed E-state index contributed by atoms with van der Waals surface area (Å²) in [5, 5.41) is 0. The molecule has 0 saturated heterocycles. The molecule has 3 heteroatoms. The maximum Gasteiger partial charge on any atom is 0.0373 e. The third-order valence-electron chi connectivity index (χ3n) is 4.67. The van der Waals surface area contributed by atoms with Gasteiger partial charge in [0.25, 0.3) is 0 Å². The van der Waals surface area contributed by atoms with Crippen LogP contribution in [0, 0.1) is 20.8 Å². The van der Waals surface area contributed by atoms with Crippen LogP contribution in [0.15, 0.2) is 73.2 Å². The van der Waals surface area contributed by atoms with Crippen molar-refractivity contribution in [2.24, 2.45) is 0 Å². The molecule has 0 spiro atoms. The molecule has 0 aliphatic heterocycles. The van der Waals surface area contributed by atoms with E-state index in [1.807, 2.05) is 57.6 Å². The zero-order chi connectivity index (χ0) is 18.8. The number of nitrogens with zero attached hydrogens (tertiary/aromatic N) is 3. The van der Waals surface area contributed by atoms with Crippen LogP contribution in [0.25, 0.3) is 33.4 Å². The van der Waals surface area contributed by atoms with Crippen molar-refractivity contribution in [3.63, 3.8) is 0 Å². The summed E-state index contributed by atoms with van der Waals surface area (Å²) >= 11 is 0. The first-order valence-electron chi connectivity index (χ1n) is 9.03. The summed E-state index contributed by atoms with van der Waals surface area (Å²) in [6.07, 6.45) is 5.79. The fourth-order valence-corrected chi connectivity index (χ4v) is 3.04. The minimum atomic E-state index is 1.01. The molecule has 3 nitrogen and oxygen atoms in total. The van der Waals surface area contributed by atoms with Crippen LogP contribution in [0.2, 0.25) is 0 Å². The number of aryl methyl sites for hydroxylation is 3. The highest BCUT2D eigenvalue weighted by atomic mass is 14.7. The van der Waals surface area contributed by atoms with Gasteiger partial charge < -0.3 is 0 Å². The van der Waals surface area contributed by atoms with Gasteiger partial charge in [-0.1, -0.05) is 18.2 Å². The Morgan fingerprint density at radius 2 is 0.704 bits per heavy atom. The summed E-state index contributed by atoms with van der Waals surface area (Å²) in [5.74, 6) is 0. The first-order chi connectivity index (χ1) is 13.1. The SMILES string of the molecule is Cc1ccc(-c2cc(-c3ccc(C)nc3)cc(-c3ccc(C)nc3)c2)cn1. The number of pyridine rings is 3. The Labute approximate surface area is 159 Å². The van der Waals surface area contributed by atoms with Crippen molar-refractivity contribution < 1.29 is 0 Å². The van der Waals surface area contributed by atoms with Crippen LogP contribution >= 0.6 is 0 Å². The van der Waals surface area contributed by atoms with Crippen molar-refractivity contribution in [2.75, 3.05) is 0 Å². The third kappa shape index (κ3) is 3.77. The van der Waals surface area contributed by atoms with E-state index in [4.69, 9.17) is 0 Å². The minimum absolute atomic E-state index is 1.01. The fraction of sp³-hybridized carbons (Fsp3) is 0.125. The quantitative estimate of drug-likeness (QED) is 0.468. The molecule has 0 saturated carbocycles. The smallest absolute Gasteiger partial charge is 0.0373 e. The number of hydrogen-bond acceptors (Lipinski definition) is 3. The van der Waals surface area contributed by atoms with Crippen molar-refractivity contribution in [1.82, 2.24) is 15.0 Å². The van der Waals surface area contributed by atoms with Gasteiger partial charge in [-0.2, -0.15) is 0 Å². The van der Waals surface area contributed by atoms with Gasteiger partial charge in [-0.05, 0) is 73.9 Å². The van der Waals surface area contributed by atoms with Crippen LogP contribution in [0.1, 0.15) is 17.1 Å². The van der Waals surface area contributed by atoms with E-state index in [0.29, 0.717) is 0 Å². The van der Waals surface area contributed by atoms with Gasteiger partial charge in [-0.25, -0.2) is 0 Å². The van der Waals surface area contributed by atoms with Crippen LogP contribution < -0.4 is 0 Å². The highest BCUT2D eigenvalue weighted by Crippen LogP contribution is 2.32. The van der Waals surface area contributed by atoms with E-state index in [9.17, 15) is 0 Å². The van der Waals surface area contributed by atoms with Gasteiger partial charge >= 0.3 is 0 Å². The zero-order valence-electron chi connectivity index (χ0n) is 15.8. The topological polar surface area (TPSA) is 38.7 Å². The molecule has 3 heterocycles. The Kier molecular flexibility index (Phi) is 4.51. The number of rotatable bonds is 3. The Morgan fingerprint density at radius 1 is 0.407 bits per heavy atom. The second kappa shape index (κ2) is 7.12. The first kappa shape index (κ1) is 17.1. The normalized spacial score (nSPS) is 10.8. The van der Waals surface area contributed by atoms with Gasteiger partial charge in [0.1, 0.15) is 0 Å². The standard InChI is InChI=1S/C24H21N3/c1-16-4-7-19(13-25-16)22-10-23(20-8-5-17(2)26-14-20)12-24(11-22)21-9-6-18(3)27-15-21/h4-15H,1-3H3. The molecule has 27 heavy (non-hydrogen) atoms. The summed E-state index contributed by atoms with van der Waals surface area (Å²) in [7, 11) is 0. The Hall–Kier alpha value is -3.33. The summed E-state index contributed by atoms with van der Waals surface area (Å²) in [4.78, 5) is 13.4. The Balaban J connectivity index is 1.89. The molecular formula is C24H21N3. The monoisotopic (exact) mass is 351 g/mol. The average Bonchev–Trinajstić information content (AvgIpc) is 2.69. The van der Waals surface area contributed by atoms with Crippen molar-refractivity contribution in [3.8, 4) is 33.4 Å². The highest BCUT2D eigenvalue weighted by molar-refractivity contribution is 5.80. The van der Waals surface area contributed by atoms with Gasteiger partial charge in [0.05, 0.1) is 0 Å². The lowest BCUT2D eigenvalue weighted by molar-refractivity contribution is 1.20. The molecule has 1 aromatic carbocycles. The molecule has 132 valence electrons. The average molecular weight is 351 g/mol. The molecule has 0 N–H and O–H groups in total. The Morgan fingerprint density at radius 3 is 0.926 bits per heavy atom. The molecule has 0 unspecified atom stereocenters. The molecule has 0 aliphatic carbocycles. The minimum Gasteiger partial charge on any atom is -0.261 e. The number of aromatic nitrogens is 3. The van der Waals surface area contributed by atoms with E-state index in [2.05, 4.69) is 51.4 Å². The van der Waals surface area contributed by atoms with E-state index in [0.717, 1.165) is 50.5 Å². The first-order valence-corrected chi connectivity index (χ1v) is 9.03. The zero-order valence-corrected chi connectivity index (χ0v) is 15.8. The predicted octanol–water partition coefficient (Wildman–Crippen LogP) is 5.80. The molecule has 0 amide bonds. The molecule has 3 aromatic heterocycles. The van der Waals surface area contributed by atoms with Gasteiger partial charge in [-0.3, -0.25) is 15.0 Å². The van der Waals surface area contributed by atoms with E-state index >= 15 is 0 Å². The second-order valence-electron chi connectivity index (χ2n) is 6.86. The van der Waals surface area contributed by atoms with Gasteiger partial charge in [-0.15, -0.1) is 0 Å². The van der Waals surface area contributed by atoms with Crippen molar-refractivity contribution in [2.45, 2.75) is 20.8 Å². The van der Waals surface area contributed by atoms with E-state index in [1.54, 1.807) is 0 Å². The third-order valence-corrected chi connectivity index (χ3v) is 4.67. The summed E-state index contributed by atoms with van der Waals surface area (Å²) in [5.41, 5.74) is 9.75. The van der Waals surface area contributed by atoms with E-state index < -0.39 is 0 Å². The molecule has 0 fully saturated rings. The number of hydrogen-bond donors (Lipinski definition) is 0. The van der Waals surface area contributed by atoms with Crippen LogP contribution in [-0.2, 0) is 0 Å². The van der Waals surface area contributed by atoms with Crippen molar-refractivity contribution in [1.29, 1.82) is 0 Å². The van der Waals surface area contributed by atoms with Gasteiger partial charge in [0.15, 0.2) is 0 Å². The van der Waals surface area contributed by atoms with Crippen molar-refractivity contribution in [3.05, 3.63) is 90.3 Å². The summed E-state index contributed by atoms with van der Waals surface area (Å²) in [6.45, 7) is 6.00. The van der Waals surface area contributed by atoms with Crippen LogP contribution in [0.5, 0.6) is 0 Å². The van der Waals surface area contributed by atoms with Crippen LogP contribution in [0.4, 0.5) is 0 Å². The Bertz CT molecular complexity index is 910. The summed E-state index contributed by atoms with van der Waals surface area (Å²) < 4.78 is 0. The largest absolute Gasteiger partial charge is 0.261 e. The van der Waals surface area contributed by atoms with E-state index in [1.165, 1.54) is 0 Å². The van der Waals surface area contributed by atoms with Crippen LogP contribution in [-0.4, -0.2) is 15.0 Å². The molecule has 0 bridgehead atoms. The maximum atomic E-state index is 4.46. The lowest BCUT2D eigenvalue weighted by atomic mass is 9.95. The van der Waals surface area contributed by atoms with Crippen molar-refractivity contribution >= 4 is 0 Å². The molecular weight excluding hydrogens is 330 g/mol. The lowest BCUT2D eigenvalue weighted by Crippen LogP contribution is -1.89. The molecule has 0 atom stereocenters. The second-order valence-corrected chi connectivity index (χ2v) is 6.86. The lowest BCUT2D eigenvalue weighted by Gasteiger charge is -2.11. The highest BCUT2D eigenvalue weighted by Gasteiger charge is 2.08. The van der Waals surface area contributed by atoms with Gasteiger partial charge in [0, 0.05) is 52.4 Å². The predicted molar refractivity (Wildman–Crippen MR) is 110 cm³/mol. The molecule has 4 aromatic rings. The van der Waals surface area contributed by atoms with Gasteiger partial charge in [0.2, 0.25) is 0 Å². The fourth-order valence-electron chi connectivity index (χ4n) is 3.04. The molecule has 0 aliphatic rings. The molecule has 4 rings (SSSR count). The number of benzene rings is 1.